The van der Waals surface area contributed by atoms with E-state index >= 15 is 0 Å². The molecular weight excluding hydrogens is 300 g/mol. The average molecular weight is 321 g/mol. The number of nitro groups is 1. The van der Waals surface area contributed by atoms with Crippen LogP contribution < -0.4 is 10.5 Å². The first-order valence-corrected chi connectivity index (χ1v) is 6.41. The number of aliphatic hydroxyl groups is 1. The molecule has 0 spiro atoms. The number of aromatic hydroxyl groups is 1. The van der Waals surface area contributed by atoms with Gasteiger partial charge in [-0.3, -0.25) is 10.1 Å². The minimum Gasteiger partial charge on any atom is -0.504 e. The molecule has 1 aromatic rings. The first-order chi connectivity index (χ1) is 9.42. The Morgan fingerprint density at radius 2 is 2.10 bits per heavy atom. The lowest BCUT2D eigenvalue weighted by Crippen LogP contribution is -2.26. The molecule has 0 saturated carbocycles. The average Bonchev–Trinajstić information content (AvgIpc) is 2.43. The number of nitrogens with two attached hydrogens (primary N) is 1. The maximum absolute atomic E-state index is 10.9. The third-order valence-electron chi connectivity index (χ3n) is 3.15. The lowest BCUT2D eigenvalue weighted by molar-refractivity contribution is -0.385. The SMILES string of the molecule is CCCC[C@@H](O)[C@@H](N)c1cc([N+](=O)[O-])cc(OC)c1O.Cl. The van der Waals surface area contributed by atoms with E-state index in [9.17, 15) is 20.3 Å². The number of hydrogen-bond donors (Lipinski definition) is 3. The van der Waals surface area contributed by atoms with Gasteiger partial charge in [0.1, 0.15) is 0 Å². The van der Waals surface area contributed by atoms with Crippen LogP contribution in [0, 0.1) is 10.1 Å². The predicted molar refractivity (Wildman–Crippen MR) is 81.0 cm³/mol. The van der Waals surface area contributed by atoms with E-state index in [4.69, 9.17) is 10.5 Å². The number of ether oxygens (including phenoxy) is 1. The van der Waals surface area contributed by atoms with Crippen molar-refractivity contribution in [1.29, 1.82) is 0 Å². The topological polar surface area (TPSA) is 119 Å². The largest absolute Gasteiger partial charge is 0.504 e. The summed E-state index contributed by atoms with van der Waals surface area (Å²) in [5, 5.41) is 30.8. The standard InChI is InChI=1S/C13H20N2O5.ClH/c1-3-4-5-10(16)12(14)9-6-8(15(18)19)7-11(20-2)13(9)17;/h6-7,10,12,16-17H,3-5,14H2,1-2H3;1H/t10-,12+;/m1./s1. The zero-order valence-corrected chi connectivity index (χ0v) is 12.8. The van der Waals surface area contributed by atoms with Crippen molar-refractivity contribution >= 4 is 18.1 Å². The molecule has 0 aromatic heterocycles. The van der Waals surface area contributed by atoms with Crippen LogP contribution in [0.5, 0.6) is 11.5 Å². The van der Waals surface area contributed by atoms with E-state index in [-0.39, 0.29) is 35.2 Å². The normalized spacial score (nSPS) is 13.1. The van der Waals surface area contributed by atoms with Crippen LogP contribution in [0.15, 0.2) is 12.1 Å². The smallest absolute Gasteiger partial charge is 0.273 e. The van der Waals surface area contributed by atoms with E-state index < -0.39 is 17.1 Å². The Morgan fingerprint density at radius 3 is 2.57 bits per heavy atom. The highest BCUT2D eigenvalue weighted by atomic mass is 35.5. The van der Waals surface area contributed by atoms with Crippen LogP contribution in [0.3, 0.4) is 0 Å². The van der Waals surface area contributed by atoms with Crippen molar-refractivity contribution < 1.29 is 19.9 Å². The Kier molecular flexibility index (Phi) is 8.01. The van der Waals surface area contributed by atoms with Gasteiger partial charge in [-0.2, -0.15) is 0 Å². The van der Waals surface area contributed by atoms with Gasteiger partial charge in [0.25, 0.3) is 5.69 Å². The zero-order valence-electron chi connectivity index (χ0n) is 12.0. The van der Waals surface area contributed by atoms with Gasteiger partial charge in [0.2, 0.25) is 0 Å². The van der Waals surface area contributed by atoms with E-state index in [0.717, 1.165) is 25.0 Å². The van der Waals surface area contributed by atoms with E-state index in [1.54, 1.807) is 0 Å². The summed E-state index contributed by atoms with van der Waals surface area (Å²) in [6.07, 6.45) is 1.25. The summed E-state index contributed by atoms with van der Waals surface area (Å²) in [5.41, 5.74) is 5.75. The molecule has 0 unspecified atom stereocenters. The number of phenolic OH excluding ortho intramolecular Hbond substituents is 1. The van der Waals surface area contributed by atoms with Crippen LogP contribution in [0.1, 0.15) is 37.8 Å². The van der Waals surface area contributed by atoms with Gasteiger partial charge in [-0.15, -0.1) is 12.4 Å². The molecule has 2 atom stereocenters. The van der Waals surface area contributed by atoms with Gasteiger partial charge in [0, 0.05) is 11.6 Å². The molecule has 7 nitrogen and oxygen atoms in total. The van der Waals surface area contributed by atoms with Crippen LogP contribution in [0.4, 0.5) is 5.69 Å². The van der Waals surface area contributed by atoms with Crippen LogP contribution in [-0.4, -0.2) is 28.4 Å². The lowest BCUT2D eigenvalue weighted by Gasteiger charge is -2.20. The van der Waals surface area contributed by atoms with Gasteiger partial charge in [-0.05, 0) is 6.42 Å². The summed E-state index contributed by atoms with van der Waals surface area (Å²) in [6, 6.07) is 1.37. The highest BCUT2D eigenvalue weighted by molar-refractivity contribution is 5.85. The lowest BCUT2D eigenvalue weighted by atomic mass is 9.96. The molecule has 0 amide bonds. The van der Waals surface area contributed by atoms with Crippen LogP contribution in [-0.2, 0) is 0 Å². The van der Waals surface area contributed by atoms with Crippen molar-refractivity contribution in [3.05, 3.63) is 27.8 Å². The van der Waals surface area contributed by atoms with Gasteiger partial charge in [-0.25, -0.2) is 0 Å². The number of nitro benzene ring substituents is 1. The van der Waals surface area contributed by atoms with Gasteiger partial charge < -0.3 is 20.7 Å². The van der Waals surface area contributed by atoms with E-state index in [2.05, 4.69) is 0 Å². The number of unbranched alkanes of at least 4 members (excludes halogenated alkanes) is 1. The maximum Gasteiger partial charge on any atom is 0.273 e. The zero-order chi connectivity index (χ0) is 15.3. The molecule has 0 fully saturated rings. The third-order valence-corrected chi connectivity index (χ3v) is 3.15. The summed E-state index contributed by atoms with van der Waals surface area (Å²) in [5.74, 6) is -0.312. The molecule has 8 heteroatoms. The highest BCUT2D eigenvalue weighted by Crippen LogP contribution is 2.38. The van der Waals surface area contributed by atoms with Gasteiger partial charge in [0.05, 0.1) is 30.2 Å². The Morgan fingerprint density at radius 1 is 1.48 bits per heavy atom. The van der Waals surface area contributed by atoms with Gasteiger partial charge in [0.15, 0.2) is 11.5 Å². The molecule has 21 heavy (non-hydrogen) atoms. The fraction of sp³-hybridized carbons (Fsp3) is 0.538. The number of aliphatic hydroxyl groups excluding tert-OH is 1. The predicted octanol–water partition coefficient (Wildman–Crippen LogP) is 2.28. The van der Waals surface area contributed by atoms with Crippen molar-refractivity contribution in [2.45, 2.75) is 38.3 Å². The minimum atomic E-state index is -0.907. The molecular formula is C13H21ClN2O5. The maximum atomic E-state index is 10.9. The molecule has 0 radical (unpaired) electrons. The summed E-state index contributed by atoms with van der Waals surface area (Å²) < 4.78 is 4.90. The summed E-state index contributed by atoms with van der Waals surface area (Å²) >= 11 is 0. The van der Waals surface area contributed by atoms with Gasteiger partial charge >= 0.3 is 0 Å². The molecule has 0 aliphatic carbocycles. The summed E-state index contributed by atoms with van der Waals surface area (Å²) in [7, 11) is 1.29. The Balaban J connectivity index is 0.00000400. The van der Waals surface area contributed by atoms with Crippen molar-refractivity contribution in [3.63, 3.8) is 0 Å². The Hall–Kier alpha value is -1.57. The van der Waals surface area contributed by atoms with E-state index in [1.165, 1.54) is 7.11 Å². The van der Waals surface area contributed by atoms with Crippen molar-refractivity contribution in [2.24, 2.45) is 5.73 Å². The number of phenols is 1. The number of halogens is 1. The third kappa shape index (κ3) is 4.73. The molecule has 0 aliphatic heterocycles. The molecule has 1 aromatic carbocycles. The molecule has 4 N–H and O–H groups in total. The second kappa shape index (κ2) is 8.66. The number of nitrogens with zero attached hydrogens (tertiary/aromatic N) is 1. The van der Waals surface area contributed by atoms with Gasteiger partial charge in [-0.1, -0.05) is 19.8 Å². The van der Waals surface area contributed by atoms with Crippen molar-refractivity contribution in [2.75, 3.05) is 7.11 Å². The van der Waals surface area contributed by atoms with E-state index in [0.29, 0.717) is 6.42 Å². The Labute approximate surface area is 129 Å². The molecule has 0 bridgehead atoms. The van der Waals surface area contributed by atoms with Crippen LogP contribution in [0.25, 0.3) is 0 Å². The van der Waals surface area contributed by atoms with Crippen molar-refractivity contribution in [3.8, 4) is 11.5 Å². The minimum absolute atomic E-state index is 0. The molecule has 0 heterocycles. The first-order valence-electron chi connectivity index (χ1n) is 6.41. The van der Waals surface area contributed by atoms with Crippen molar-refractivity contribution in [1.82, 2.24) is 0 Å². The quantitative estimate of drug-likeness (QED) is 0.524. The number of non-ortho nitro benzene ring substituents is 1. The summed E-state index contributed by atoms with van der Waals surface area (Å²) in [4.78, 5) is 10.3. The van der Waals surface area contributed by atoms with Crippen LogP contribution in [0.2, 0.25) is 0 Å². The molecule has 0 aliphatic rings. The fourth-order valence-electron chi connectivity index (χ4n) is 1.93. The fourth-order valence-corrected chi connectivity index (χ4v) is 1.93. The van der Waals surface area contributed by atoms with Crippen LogP contribution >= 0.6 is 12.4 Å². The second-order valence-electron chi connectivity index (χ2n) is 4.58. The number of rotatable bonds is 7. The Bertz CT molecular complexity index is 484. The first kappa shape index (κ1) is 19.4. The number of hydrogen-bond acceptors (Lipinski definition) is 6. The van der Waals surface area contributed by atoms with E-state index in [1.807, 2.05) is 6.92 Å². The monoisotopic (exact) mass is 320 g/mol. The molecule has 1 rings (SSSR count). The second-order valence-corrected chi connectivity index (χ2v) is 4.58. The summed E-state index contributed by atoms with van der Waals surface area (Å²) in [6.45, 7) is 1.98. The molecule has 0 saturated heterocycles. The number of benzene rings is 1. The highest BCUT2D eigenvalue weighted by Gasteiger charge is 2.25. The molecule has 120 valence electrons. The number of methoxy groups -OCH3 is 1.